The van der Waals surface area contributed by atoms with Gasteiger partial charge in [0.15, 0.2) is 0 Å². The topological polar surface area (TPSA) is 53.0 Å². The van der Waals surface area contributed by atoms with Crippen LogP contribution in [0.2, 0.25) is 0 Å². The van der Waals surface area contributed by atoms with Crippen molar-refractivity contribution in [2.75, 3.05) is 17.2 Å². The van der Waals surface area contributed by atoms with E-state index in [4.69, 9.17) is 11.0 Å². The first-order chi connectivity index (χ1) is 8.26. The molecule has 0 aromatic heterocycles. The lowest BCUT2D eigenvalue weighted by Gasteiger charge is -2.30. The molecule has 1 aliphatic rings. The molecule has 0 bridgehead atoms. The quantitative estimate of drug-likeness (QED) is 0.811. The fourth-order valence-corrected chi connectivity index (χ4v) is 2.69. The van der Waals surface area contributed by atoms with E-state index in [9.17, 15) is 0 Å². The monoisotopic (exact) mass is 229 g/mol. The summed E-state index contributed by atoms with van der Waals surface area (Å²) >= 11 is 0. The van der Waals surface area contributed by atoms with Gasteiger partial charge in [-0.05, 0) is 38.0 Å². The molecule has 0 aliphatic heterocycles. The van der Waals surface area contributed by atoms with Gasteiger partial charge in [0, 0.05) is 24.0 Å². The van der Waals surface area contributed by atoms with Crippen LogP contribution in [-0.4, -0.2) is 12.6 Å². The second-order valence-corrected chi connectivity index (χ2v) is 4.61. The molecule has 1 aromatic rings. The highest BCUT2D eigenvalue weighted by Crippen LogP contribution is 2.29. The minimum absolute atomic E-state index is 0.568. The van der Waals surface area contributed by atoms with Crippen molar-refractivity contribution in [2.45, 2.75) is 38.6 Å². The zero-order chi connectivity index (χ0) is 12.3. The van der Waals surface area contributed by atoms with Crippen molar-refractivity contribution in [3.8, 4) is 6.07 Å². The Morgan fingerprint density at radius 2 is 2.12 bits per heavy atom. The molecule has 3 heteroatoms. The van der Waals surface area contributed by atoms with E-state index in [1.807, 2.05) is 18.2 Å². The normalized spacial score (nSPS) is 15.8. The van der Waals surface area contributed by atoms with Crippen molar-refractivity contribution in [3.63, 3.8) is 0 Å². The van der Waals surface area contributed by atoms with Crippen LogP contribution in [0.1, 0.15) is 38.2 Å². The molecule has 0 amide bonds. The average molecular weight is 229 g/mol. The number of nitriles is 1. The van der Waals surface area contributed by atoms with Gasteiger partial charge < -0.3 is 10.6 Å². The van der Waals surface area contributed by atoms with Crippen LogP contribution in [0, 0.1) is 11.3 Å². The first kappa shape index (κ1) is 11.8. The van der Waals surface area contributed by atoms with Crippen molar-refractivity contribution >= 4 is 11.4 Å². The minimum Gasteiger partial charge on any atom is -0.398 e. The average Bonchev–Trinajstić information content (AvgIpc) is 2.86. The van der Waals surface area contributed by atoms with Gasteiger partial charge in [0.1, 0.15) is 6.07 Å². The number of anilines is 2. The van der Waals surface area contributed by atoms with Crippen LogP contribution in [-0.2, 0) is 0 Å². The van der Waals surface area contributed by atoms with E-state index >= 15 is 0 Å². The number of hydrogen-bond acceptors (Lipinski definition) is 3. The molecule has 90 valence electrons. The van der Waals surface area contributed by atoms with Gasteiger partial charge in [-0.2, -0.15) is 5.26 Å². The fraction of sp³-hybridized carbons (Fsp3) is 0.500. The van der Waals surface area contributed by atoms with Crippen LogP contribution in [0.15, 0.2) is 18.2 Å². The lowest BCUT2D eigenvalue weighted by molar-refractivity contribution is 0.620. The molecule has 2 rings (SSSR count). The predicted octanol–water partition coefficient (Wildman–Crippen LogP) is 2.91. The van der Waals surface area contributed by atoms with Gasteiger partial charge in [0.05, 0.1) is 5.56 Å². The van der Waals surface area contributed by atoms with E-state index < -0.39 is 0 Å². The Labute approximate surface area is 103 Å². The first-order valence-corrected chi connectivity index (χ1v) is 6.32. The number of nitrogen functional groups attached to an aromatic ring is 1. The fourth-order valence-electron chi connectivity index (χ4n) is 2.69. The van der Waals surface area contributed by atoms with Crippen LogP contribution in [0.5, 0.6) is 0 Å². The molecular formula is C14H19N3. The number of rotatable bonds is 3. The van der Waals surface area contributed by atoms with E-state index in [0.29, 0.717) is 17.3 Å². The highest BCUT2D eigenvalue weighted by atomic mass is 15.2. The number of nitrogens with two attached hydrogens (primary N) is 1. The summed E-state index contributed by atoms with van der Waals surface area (Å²) in [4.78, 5) is 2.40. The second kappa shape index (κ2) is 5.09. The third-order valence-corrected chi connectivity index (χ3v) is 3.60. The Morgan fingerprint density at radius 3 is 2.71 bits per heavy atom. The first-order valence-electron chi connectivity index (χ1n) is 6.32. The molecule has 1 aliphatic carbocycles. The SMILES string of the molecule is CCN(c1ccc(N)c(C#N)c1)C1CCCC1. The van der Waals surface area contributed by atoms with E-state index in [1.165, 1.54) is 25.7 Å². The Bertz CT molecular complexity index is 428. The van der Waals surface area contributed by atoms with Gasteiger partial charge in [-0.3, -0.25) is 0 Å². The van der Waals surface area contributed by atoms with Crippen LogP contribution in [0.3, 0.4) is 0 Å². The summed E-state index contributed by atoms with van der Waals surface area (Å²) in [5, 5.41) is 9.01. The highest BCUT2D eigenvalue weighted by molar-refractivity contribution is 5.63. The largest absolute Gasteiger partial charge is 0.398 e. The maximum atomic E-state index is 9.01. The molecule has 0 spiro atoms. The van der Waals surface area contributed by atoms with E-state index in [1.54, 1.807) is 0 Å². The van der Waals surface area contributed by atoms with Crippen LogP contribution >= 0.6 is 0 Å². The maximum Gasteiger partial charge on any atom is 0.101 e. The van der Waals surface area contributed by atoms with Crippen molar-refractivity contribution < 1.29 is 0 Å². The van der Waals surface area contributed by atoms with Crippen molar-refractivity contribution in [1.82, 2.24) is 0 Å². The maximum absolute atomic E-state index is 9.01. The smallest absolute Gasteiger partial charge is 0.101 e. The lowest BCUT2D eigenvalue weighted by Crippen LogP contribution is -2.32. The summed E-state index contributed by atoms with van der Waals surface area (Å²) < 4.78 is 0. The third kappa shape index (κ3) is 2.36. The van der Waals surface area contributed by atoms with Gasteiger partial charge in [0.2, 0.25) is 0 Å². The third-order valence-electron chi connectivity index (χ3n) is 3.60. The summed E-state index contributed by atoms with van der Waals surface area (Å²) in [5.74, 6) is 0. The number of benzene rings is 1. The molecule has 0 unspecified atom stereocenters. The summed E-state index contributed by atoms with van der Waals surface area (Å²) in [5.41, 5.74) is 8.03. The molecule has 0 radical (unpaired) electrons. The Balaban J connectivity index is 2.27. The summed E-state index contributed by atoms with van der Waals surface area (Å²) in [7, 11) is 0. The molecule has 1 fully saturated rings. The molecule has 1 aromatic carbocycles. The summed E-state index contributed by atoms with van der Waals surface area (Å²) in [6.07, 6.45) is 5.17. The molecule has 0 atom stereocenters. The summed E-state index contributed by atoms with van der Waals surface area (Å²) in [6, 6.07) is 8.57. The molecule has 0 saturated heterocycles. The van der Waals surface area contributed by atoms with Gasteiger partial charge in [0.25, 0.3) is 0 Å². The number of hydrogen-bond donors (Lipinski definition) is 1. The predicted molar refractivity (Wildman–Crippen MR) is 70.8 cm³/mol. The van der Waals surface area contributed by atoms with E-state index in [0.717, 1.165) is 12.2 Å². The standard InChI is InChI=1S/C14H19N3/c1-2-17(12-5-3-4-6-12)13-7-8-14(16)11(9-13)10-15/h7-9,12H,2-6,16H2,1H3. The molecule has 0 heterocycles. The van der Waals surface area contributed by atoms with Crippen molar-refractivity contribution in [3.05, 3.63) is 23.8 Å². The Morgan fingerprint density at radius 1 is 1.41 bits per heavy atom. The van der Waals surface area contributed by atoms with Crippen LogP contribution in [0.4, 0.5) is 11.4 Å². The Hall–Kier alpha value is -1.69. The molecule has 3 nitrogen and oxygen atoms in total. The van der Waals surface area contributed by atoms with Gasteiger partial charge >= 0.3 is 0 Å². The second-order valence-electron chi connectivity index (χ2n) is 4.61. The number of nitrogens with zero attached hydrogens (tertiary/aromatic N) is 2. The van der Waals surface area contributed by atoms with E-state index in [2.05, 4.69) is 17.9 Å². The lowest BCUT2D eigenvalue weighted by atomic mass is 10.1. The summed E-state index contributed by atoms with van der Waals surface area (Å²) in [6.45, 7) is 3.15. The zero-order valence-electron chi connectivity index (χ0n) is 10.3. The van der Waals surface area contributed by atoms with Gasteiger partial charge in [-0.25, -0.2) is 0 Å². The van der Waals surface area contributed by atoms with Crippen molar-refractivity contribution in [2.24, 2.45) is 0 Å². The molecule has 17 heavy (non-hydrogen) atoms. The molecule has 1 saturated carbocycles. The minimum atomic E-state index is 0.568. The van der Waals surface area contributed by atoms with Gasteiger partial charge in [-0.15, -0.1) is 0 Å². The molecular weight excluding hydrogens is 210 g/mol. The molecule has 2 N–H and O–H groups in total. The van der Waals surface area contributed by atoms with Crippen LogP contribution in [0.25, 0.3) is 0 Å². The highest BCUT2D eigenvalue weighted by Gasteiger charge is 2.21. The van der Waals surface area contributed by atoms with Crippen LogP contribution < -0.4 is 10.6 Å². The van der Waals surface area contributed by atoms with Gasteiger partial charge in [-0.1, -0.05) is 12.8 Å². The zero-order valence-corrected chi connectivity index (χ0v) is 10.3. The van der Waals surface area contributed by atoms with E-state index in [-0.39, 0.29) is 0 Å². The van der Waals surface area contributed by atoms with Crippen molar-refractivity contribution in [1.29, 1.82) is 5.26 Å². The Kier molecular flexibility index (Phi) is 3.53.